The van der Waals surface area contributed by atoms with Crippen LogP contribution in [0.2, 0.25) is 0 Å². The lowest BCUT2D eigenvalue weighted by molar-refractivity contribution is 0.413. The molecule has 1 unspecified atom stereocenters. The van der Waals surface area contributed by atoms with E-state index in [1.54, 1.807) is 24.3 Å². The lowest BCUT2D eigenvalue weighted by Gasteiger charge is -2.06. The second-order valence-electron chi connectivity index (χ2n) is 4.09. The topological polar surface area (TPSA) is 50.1 Å². The summed E-state index contributed by atoms with van der Waals surface area (Å²) in [5.41, 5.74) is 1.13. The molecule has 0 fully saturated rings. The summed E-state index contributed by atoms with van der Waals surface area (Å²) in [5.74, 6) is 0.290. The molecule has 0 saturated heterocycles. The summed E-state index contributed by atoms with van der Waals surface area (Å²) < 4.78 is 30.3. The molecule has 0 heterocycles. The first-order valence-electron chi connectivity index (χ1n) is 5.85. The maximum absolute atomic E-state index is 13.1. The standard InChI is InChI=1S/C15H12FNO2S/c1-19-15-6-5-11(7-12(15)9-17)10-20(18)14-4-2-3-13(16)8-14/h2-8H,10H2,1H3. The highest BCUT2D eigenvalue weighted by atomic mass is 32.2. The fourth-order valence-electron chi connectivity index (χ4n) is 1.78. The van der Waals surface area contributed by atoms with E-state index in [-0.39, 0.29) is 5.75 Å². The van der Waals surface area contributed by atoms with Gasteiger partial charge in [0.1, 0.15) is 17.6 Å². The van der Waals surface area contributed by atoms with Crippen LogP contribution in [0.5, 0.6) is 5.75 Å². The number of hydrogen-bond acceptors (Lipinski definition) is 3. The minimum Gasteiger partial charge on any atom is -0.495 e. The SMILES string of the molecule is COc1ccc(CS(=O)c2cccc(F)c2)cc1C#N. The van der Waals surface area contributed by atoms with E-state index >= 15 is 0 Å². The Balaban J connectivity index is 2.22. The lowest BCUT2D eigenvalue weighted by atomic mass is 10.1. The summed E-state index contributed by atoms with van der Waals surface area (Å²) >= 11 is 0. The predicted octanol–water partition coefficient (Wildman–Crippen LogP) is 3.01. The van der Waals surface area contributed by atoms with Crippen molar-refractivity contribution in [3.05, 3.63) is 59.4 Å². The van der Waals surface area contributed by atoms with Crippen molar-refractivity contribution in [3.8, 4) is 11.8 Å². The van der Waals surface area contributed by atoms with Crippen molar-refractivity contribution in [2.75, 3.05) is 7.11 Å². The summed E-state index contributed by atoms with van der Waals surface area (Å²) in [6.07, 6.45) is 0. The minimum atomic E-state index is -1.35. The van der Waals surface area contributed by atoms with Crippen LogP contribution in [-0.4, -0.2) is 11.3 Å². The van der Waals surface area contributed by atoms with E-state index in [0.717, 1.165) is 5.56 Å². The normalized spacial score (nSPS) is 11.7. The lowest BCUT2D eigenvalue weighted by Crippen LogP contribution is -1.98. The number of hydrogen-bond donors (Lipinski definition) is 0. The van der Waals surface area contributed by atoms with Gasteiger partial charge in [-0.2, -0.15) is 5.26 Å². The quantitative estimate of drug-likeness (QED) is 0.869. The number of nitrogens with zero attached hydrogens (tertiary/aromatic N) is 1. The second-order valence-corrected chi connectivity index (χ2v) is 5.54. The Morgan fingerprint density at radius 2 is 2.10 bits per heavy atom. The zero-order valence-corrected chi connectivity index (χ0v) is 11.6. The van der Waals surface area contributed by atoms with Gasteiger partial charge in [-0.1, -0.05) is 12.1 Å². The molecule has 0 bridgehead atoms. The van der Waals surface area contributed by atoms with Crippen LogP contribution in [0, 0.1) is 17.1 Å². The fraction of sp³-hybridized carbons (Fsp3) is 0.133. The molecular formula is C15H12FNO2S. The Labute approximate surface area is 119 Å². The Hall–Kier alpha value is -2.19. The molecule has 0 aromatic heterocycles. The van der Waals surface area contributed by atoms with E-state index in [2.05, 4.69) is 0 Å². The summed E-state index contributed by atoms with van der Waals surface area (Å²) in [7, 11) is 0.133. The molecule has 0 aliphatic carbocycles. The molecule has 1 atom stereocenters. The van der Waals surface area contributed by atoms with Crippen LogP contribution >= 0.6 is 0 Å². The van der Waals surface area contributed by atoms with Gasteiger partial charge in [0.05, 0.1) is 29.2 Å². The first-order chi connectivity index (χ1) is 9.63. The van der Waals surface area contributed by atoms with Crippen LogP contribution in [0.1, 0.15) is 11.1 Å². The maximum Gasteiger partial charge on any atom is 0.136 e. The van der Waals surface area contributed by atoms with Crippen LogP contribution in [0.15, 0.2) is 47.4 Å². The first kappa shape index (κ1) is 14.2. The molecule has 0 radical (unpaired) electrons. The highest BCUT2D eigenvalue weighted by molar-refractivity contribution is 7.84. The Bertz CT molecular complexity index is 695. The van der Waals surface area contributed by atoms with Crippen molar-refractivity contribution in [2.45, 2.75) is 10.6 Å². The largest absolute Gasteiger partial charge is 0.495 e. The smallest absolute Gasteiger partial charge is 0.136 e. The molecule has 0 spiro atoms. The molecule has 2 rings (SSSR count). The van der Waals surface area contributed by atoms with Crippen LogP contribution in [0.4, 0.5) is 4.39 Å². The van der Waals surface area contributed by atoms with Crippen molar-refractivity contribution < 1.29 is 13.3 Å². The van der Waals surface area contributed by atoms with Crippen LogP contribution in [0.25, 0.3) is 0 Å². The minimum absolute atomic E-state index is 0.224. The number of benzene rings is 2. The van der Waals surface area contributed by atoms with E-state index in [1.165, 1.54) is 25.3 Å². The molecular weight excluding hydrogens is 277 g/mol. The zero-order valence-electron chi connectivity index (χ0n) is 10.8. The molecule has 2 aromatic carbocycles. The predicted molar refractivity (Wildman–Crippen MR) is 74.2 cm³/mol. The van der Waals surface area contributed by atoms with Gasteiger partial charge >= 0.3 is 0 Å². The van der Waals surface area contributed by atoms with Gasteiger partial charge in [0.25, 0.3) is 0 Å². The monoisotopic (exact) mass is 289 g/mol. The van der Waals surface area contributed by atoms with E-state index in [4.69, 9.17) is 10.00 Å². The van der Waals surface area contributed by atoms with E-state index in [1.807, 2.05) is 6.07 Å². The maximum atomic E-state index is 13.1. The number of nitriles is 1. The fourth-order valence-corrected chi connectivity index (χ4v) is 2.90. The van der Waals surface area contributed by atoms with Gasteiger partial charge in [0, 0.05) is 4.90 Å². The van der Waals surface area contributed by atoms with Crippen molar-refractivity contribution >= 4 is 10.8 Å². The van der Waals surface area contributed by atoms with Crippen LogP contribution in [-0.2, 0) is 16.6 Å². The van der Waals surface area contributed by atoms with Gasteiger partial charge in [-0.15, -0.1) is 0 Å². The summed E-state index contributed by atoms with van der Waals surface area (Å²) in [4.78, 5) is 0.430. The molecule has 2 aromatic rings. The first-order valence-corrected chi connectivity index (χ1v) is 7.17. The third-order valence-corrected chi connectivity index (χ3v) is 4.12. The molecule has 102 valence electrons. The van der Waals surface area contributed by atoms with Gasteiger partial charge in [-0.3, -0.25) is 4.21 Å². The van der Waals surface area contributed by atoms with Crippen molar-refractivity contribution in [3.63, 3.8) is 0 Å². The molecule has 20 heavy (non-hydrogen) atoms. The zero-order chi connectivity index (χ0) is 14.5. The molecule has 0 aliphatic heterocycles. The van der Waals surface area contributed by atoms with Crippen molar-refractivity contribution in [1.82, 2.24) is 0 Å². The van der Waals surface area contributed by atoms with Gasteiger partial charge in [-0.05, 0) is 35.9 Å². The third-order valence-electron chi connectivity index (χ3n) is 2.74. The third kappa shape index (κ3) is 3.22. The Kier molecular flexibility index (Phi) is 4.49. The van der Waals surface area contributed by atoms with Crippen LogP contribution in [0.3, 0.4) is 0 Å². The van der Waals surface area contributed by atoms with Gasteiger partial charge in [0.2, 0.25) is 0 Å². The Morgan fingerprint density at radius 1 is 1.30 bits per heavy atom. The number of rotatable bonds is 4. The highest BCUT2D eigenvalue weighted by Crippen LogP contribution is 2.21. The Morgan fingerprint density at radius 3 is 2.75 bits per heavy atom. The van der Waals surface area contributed by atoms with E-state index in [0.29, 0.717) is 16.2 Å². The van der Waals surface area contributed by atoms with Gasteiger partial charge in [-0.25, -0.2) is 4.39 Å². The van der Waals surface area contributed by atoms with Crippen molar-refractivity contribution in [1.29, 1.82) is 5.26 Å². The highest BCUT2D eigenvalue weighted by Gasteiger charge is 2.09. The number of methoxy groups -OCH3 is 1. The summed E-state index contributed by atoms with van der Waals surface area (Å²) in [5, 5.41) is 9.01. The van der Waals surface area contributed by atoms with Gasteiger partial charge < -0.3 is 4.74 Å². The second kappa shape index (κ2) is 6.31. The van der Waals surface area contributed by atoms with Crippen LogP contribution < -0.4 is 4.74 Å². The van der Waals surface area contributed by atoms with Crippen molar-refractivity contribution in [2.24, 2.45) is 0 Å². The average Bonchev–Trinajstić information content (AvgIpc) is 2.47. The molecule has 3 nitrogen and oxygen atoms in total. The molecule has 0 aliphatic rings. The number of ether oxygens (including phenoxy) is 1. The number of halogens is 1. The average molecular weight is 289 g/mol. The summed E-state index contributed by atoms with van der Waals surface area (Å²) in [6, 6.07) is 12.8. The molecule has 0 saturated carbocycles. The summed E-state index contributed by atoms with van der Waals surface area (Å²) in [6.45, 7) is 0. The van der Waals surface area contributed by atoms with Gasteiger partial charge in [0.15, 0.2) is 0 Å². The molecule has 0 N–H and O–H groups in total. The molecule has 0 amide bonds. The van der Waals surface area contributed by atoms with E-state index in [9.17, 15) is 8.60 Å². The molecule has 5 heteroatoms. The van der Waals surface area contributed by atoms with E-state index < -0.39 is 16.6 Å².